The molecule has 1 aromatic heterocycles. The van der Waals surface area contributed by atoms with Crippen LogP contribution in [0.15, 0.2) is 0 Å². The van der Waals surface area contributed by atoms with Crippen molar-refractivity contribution < 1.29 is 23.9 Å². The van der Waals surface area contributed by atoms with E-state index in [1.54, 1.807) is 27.7 Å². The van der Waals surface area contributed by atoms with Gasteiger partial charge in [-0.25, -0.2) is 9.59 Å². The maximum absolute atomic E-state index is 12.8. The van der Waals surface area contributed by atoms with Crippen molar-refractivity contribution in [3.8, 4) is 0 Å². The van der Waals surface area contributed by atoms with Gasteiger partial charge in [0.25, 0.3) is 5.91 Å². The number of esters is 2. The third-order valence-electron chi connectivity index (χ3n) is 5.20. The van der Waals surface area contributed by atoms with Gasteiger partial charge in [-0.2, -0.15) is 0 Å². The summed E-state index contributed by atoms with van der Waals surface area (Å²) in [5.41, 5.74) is 1.49. The lowest BCUT2D eigenvalue weighted by Crippen LogP contribution is -2.51. The van der Waals surface area contributed by atoms with Crippen molar-refractivity contribution in [1.82, 2.24) is 9.88 Å². The van der Waals surface area contributed by atoms with Crippen LogP contribution in [0, 0.1) is 13.8 Å². The van der Waals surface area contributed by atoms with Gasteiger partial charge >= 0.3 is 11.9 Å². The Labute approximate surface area is 160 Å². The van der Waals surface area contributed by atoms with Crippen LogP contribution in [-0.2, 0) is 14.3 Å². The minimum absolute atomic E-state index is 0.133. The van der Waals surface area contributed by atoms with Gasteiger partial charge in [0.2, 0.25) is 0 Å². The number of nitrogens with zero attached hydrogens (tertiary/aromatic N) is 1. The summed E-state index contributed by atoms with van der Waals surface area (Å²) in [7, 11) is 0. The molecule has 1 N–H and O–H groups in total. The summed E-state index contributed by atoms with van der Waals surface area (Å²) >= 11 is 0. The van der Waals surface area contributed by atoms with Crippen molar-refractivity contribution in [3.05, 3.63) is 22.5 Å². The van der Waals surface area contributed by atoms with Gasteiger partial charge < -0.3 is 19.4 Å². The van der Waals surface area contributed by atoms with E-state index in [0.29, 0.717) is 11.3 Å². The van der Waals surface area contributed by atoms with Gasteiger partial charge in [-0.05, 0) is 66.4 Å². The largest absolute Gasteiger partial charge is 0.461 e. The van der Waals surface area contributed by atoms with E-state index in [1.165, 1.54) is 0 Å². The fraction of sp³-hybridized carbons (Fsp3) is 0.650. The number of H-pyrrole nitrogens is 1. The highest BCUT2D eigenvalue weighted by Gasteiger charge is 2.34. The third kappa shape index (κ3) is 4.34. The Morgan fingerprint density at radius 1 is 1.15 bits per heavy atom. The van der Waals surface area contributed by atoms with Crippen LogP contribution < -0.4 is 0 Å². The smallest absolute Gasteiger partial charge is 0.355 e. The summed E-state index contributed by atoms with van der Waals surface area (Å²) in [6.45, 7) is 10.9. The summed E-state index contributed by atoms with van der Waals surface area (Å²) < 4.78 is 10.5. The molecule has 0 spiro atoms. The highest BCUT2D eigenvalue weighted by molar-refractivity contribution is 5.99. The molecule has 0 radical (unpaired) electrons. The summed E-state index contributed by atoms with van der Waals surface area (Å²) in [6.07, 6.45) is 2.12. The number of hydrogen-bond acceptors (Lipinski definition) is 5. The minimum atomic E-state index is -0.889. The maximum atomic E-state index is 12.8. The van der Waals surface area contributed by atoms with Crippen LogP contribution in [0.25, 0.3) is 0 Å². The number of likely N-dealkylation sites (tertiary alicyclic amines) is 1. The van der Waals surface area contributed by atoms with Crippen molar-refractivity contribution in [3.63, 3.8) is 0 Å². The summed E-state index contributed by atoms with van der Waals surface area (Å²) in [6, 6.07) is 0.266. The lowest BCUT2D eigenvalue weighted by atomic mass is 9.97. The van der Waals surface area contributed by atoms with Crippen LogP contribution in [0.3, 0.4) is 0 Å². The number of ether oxygens (including phenoxy) is 2. The number of carbonyl (C=O) groups excluding carboxylic acids is 3. The molecule has 150 valence electrons. The molecule has 1 amide bonds. The number of hydrogen-bond donors (Lipinski definition) is 1. The highest BCUT2D eigenvalue weighted by Crippen LogP contribution is 2.25. The normalized spacial score (nSPS) is 20.9. The topological polar surface area (TPSA) is 88.7 Å². The van der Waals surface area contributed by atoms with Crippen LogP contribution in [0.5, 0.6) is 0 Å². The molecule has 0 aromatic carbocycles. The Morgan fingerprint density at radius 2 is 1.74 bits per heavy atom. The zero-order valence-electron chi connectivity index (χ0n) is 17.0. The third-order valence-corrected chi connectivity index (χ3v) is 5.20. The predicted molar refractivity (Wildman–Crippen MR) is 101 cm³/mol. The van der Waals surface area contributed by atoms with Gasteiger partial charge in [0.15, 0.2) is 6.10 Å². The molecular weight excluding hydrogens is 348 g/mol. The van der Waals surface area contributed by atoms with Crippen LogP contribution in [0.1, 0.15) is 79.1 Å². The minimum Gasteiger partial charge on any atom is -0.461 e. The zero-order chi connectivity index (χ0) is 20.3. The zero-order valence-corrected chi connectivity index (χ0v) is 17.0. The number of amides is 1. The lowest BCUT2D eigenvalue weighted by molar-refractivity contribution is -0.146. The van der Waals surface area contributed by atoms with Crippen LogP contribution >= 0.6 is 0 Å². The van der Waals surface area contributed by atoms with E-state index in [9.17, 15) is 14.4 Å². The SMILES string of the molecule is CCOC(=O)c1[nH]c(C)c(C(=O)O[C@@H](C)C(=O)N2[C@@H](C)CCC[C@@H]2C)c1C. The molecule has 7 nitrogen and oxygen atoms in total. The molecule has 1 fully saturated rings. The fourth-order valence-corrected chi connectivity index (χ4v) is 3.80. The van der Waals surface area contributed by atoms with Crippen molar-refractivity contribution in [2.45, 2.75) is 79.0 Å². The first-order valence-corrected chi connectivity index (χ1v) is 9.58. The van der Waals surface area contributed by atoms with E-state index < -0.39 is 18.0 Å². The first kappa shape index (κ1) is 21.0. The predicted octanol–water partition coefficient (Wildman–Crippen LogP) is 3.14. The number of aromatic amines is 1. The summed E-state index contributed by atoms with van der Waals surface area (Å²) in [5, 5.41) is 0. The van der Waals surface area contributed by atoms with Crippen molar-refractivity contribution in [2.75, 3.05) is 6.61 Å². The maximum Gasteiger partial charge on any atom is 0.355 e. The molecule has 1 aromatic rings. The molecule has 1 aliphatic heterocycles. The van der Waals surface area contributed by atoms with Gasteiger partial charge in [-0.15, -0.1) is 0 Å². The van der Waals surface area contributed by atoms with Crippen molar-refractivity contribution in [1.29, 1.82) is 0 Å². The second kappa shape index (κ2) is 8.59. The second-order valence-electron chi connectivity index (χ2n) is 7.27. The van der Waals surface area contributed by atoms with E-state index in [1.807, 2.05) is 18.7 Å². The van der Waals surface area contributed by atoms with Gasteiger partial charge in [0, 0.05) is 17.8 Å². The van der Waals surface area contributed by atoms with Crippen LogP contribution in [0.4, 0.5) is 0 Å². The Morgan fingerprint density at radius 3 is 2.30 bits per heavy atom. The van der Waals surface area contributed by atoms with E-state index in [-0.39, 0.29) is 35.9 Å². The molecule has 0 bridgehead atoms. The molecule has 2 rings (SSSR count). The Hall–Kier alpha value is -2.31. The van der Waals surface area contributed by atoms with Gasteiger partial charge in [-0.1, -0.05) is 0 Å². The number of aromatic nitrogens is 1. The van der Waals surface area contributed by atoms with Crippen LogP contribution in [0.2, 0.25) is 0 Å². The first-order valence-electron chi connectivity index (χ1n) is 9.58. The second-order valence-corrected chi connectivity index (χ2v) is 7.27. The van der Waals surface area contributed by atoms with Crippen LogP contribution in [-0.4, -0.2) is 52.5 Å². The quantitative estimate of drug-likeness (QED) is 0.795. The molecule has 27 heavy (non-hydrogen) atoms. The van der Waals surface area contributed by atoms with E-state index in [0.717, 1.165) is 19.3 Å². The van der Waals surface area contributed by atoms with E-state index in [4.69, 9.17) is 9.47 Å². The van der Waals surface area contributed by atoms with Crippen molar-refractivity contribution >= 4 is 17.8 Å². The number of aryl methyl sites for hydroxylation is 1. The average molecular weight is 378 g/mol. The number of nitrogens with one attached hydrogen (secondary N) is 1. The lowest BCUT2D eigenvalue weighted by Gasteiger charge is -2.40. The molecule has 0 unspecified atom stereocenters. The number of rotatable bonds is 5. The monoisotopic (exact) mass is 378 g/mol. The van der Waals surface area contributed by atoms with Crippen molar-refractivity contribution in [2.24, 2.45) is 0 Å². The number of carbonyl (C=O) groups is 3. The molecule has 2 heterocycles. The molecule has 1 saturated heterocycles. The molecule has 0 aliphatic carbocycles. The average Bonchev–Trinajstić information content (AvgIpc) is 2.89. The Kier molecular flexibility index (Phi) is 6.68. The standard InChI is InChI=1S/C20H30N2O5/c1-7-26-20(25)17-13(4)16(14(5)21-17)19(24)27-15(6)18(23)22-11(2)9-8-10-12(22)3/h11-12,15,21H,7-10H2,1-6H3/t11-,12-,15-/m0/s1. The van der Waals surface area contributed by atoms with E-state index in [2.05, 4.69) is 4.98 Å². The fourth-order valence-electron chi connectivity index (χ4n) is 3.80. The Balaban J connectivity index is 2.15. The molecular formula is C20H30N2O5. The summed E-state index contributed by atoms with van der Waals surface area (Å²) in [5.74, 6) is -1.31. The molecule has 0 saturated carbocycles. The van der Waals surface area contributed by atoms with Gasteiger partial charge in [-0.3, -0.25) is 4.79 Å². The molecule has 1 aliphatic rings. The van der Waals surface area contributed by atoms with Gasteiger partial charge in [0.1, 0.15) is 5.69 Å². The molecule has 7 heteroatoms. The summed E-state index contributed by atoms with van der Waals surface area (Å²) in [4.78, 5) is 42.2. The molecule has 3 atom stereocenters. The highest BCUT2D eigenvalue weighted by atomic mass is 16.5. The number of piperidine rings is 1. The van der Waals surface area contributed by atoms with Gasteiger partial charge in [0.05, 0.1) is 12.2 Å². The first-order chi connectivity index (χ1) is 12.7. The Bertz CT molecular complexity index is 714. The van der Waals surface area contributed by atoms with E-state index >= 15 is 0 Å².